The molecule has 1 amide bonds. The quantitative estimate of drug-likeness (QED) is 0.792. The molecule has 1 fully saturated rings. The predicted octanol–water partition coefficient (Wildman–Crippen LogP) is 2.13. The molecule has 130 valence electrons. The number of halogens is 1. The van der Waals surface area contributed by atoms with Gasteiger partial charge in [-0.25, -0.2) is 8.42 Å². The number of thiazole rings is 1. The lowest BCUT2D eigenvalue weighted by Crippen LogP contribution is -2.47. The van der Waals surface area contributed by atoms with Crippen LogP contribution in [-0.4, -0.2) is 42.0 Å². The first-order valence-corrected chi connectivity index (χ1v) is 10.6. The average molecular weight is 388 g/mol. The Balaban J connectivity index is 2.03. The Kier molecular flexibility index (Phi) is 4.83. The molecular weight excluding hydrogens is 370 g/mol. The standard InChI is InChI=1S/C15H18ClN3O3S2/c1-18-13-10(16)6-5-8-12(13)23-15(18)17-14(20)11-7-3-4-9-19(11)24(2,21)22/h5-6,8,11H,3-4,7,9H2,1-2H3. The monoisotopic (exact) mass is 387 g/mol. The van der Waals surface area contributed by atoms with E-state index >= 15 is 0 Å². The van der Waals surface area contributed by atoms with E-state index < -0.39 is 22.0 Å². The Hall–Kier alpha value is -1.22. The summed E-state index contributed by atoms with van der Waals surface area (Å²) in [5.41, 5.74) is 0.819. The second-order valence-corrected chi connectivity index (χ2v) is 9.22. The summed E-state index contributed by atoms with van der Waals surface area (Å²) in [5.74, 6) is -0.418. The minimum atomic E-state index is -3.43. The summed E-state index contributed by atoms with van der Waals surface area (Å²) in [6, 6.07) is 4.83. The Morgan fingerprint density at radius 3 is 2.79 bits per heavy atom. The number of fused-ring (bicyclic) bond motifs is 1. The zero-order valence-electron chi connectivity index (χ0n) is 13.4. The number of amides is 1. The van der Waals surface area contributed by atoms with Crippen molar-refractivity contribution in [1.82, 2.24) is 8.87 Å². The summed E-state index contributed by atoms with van der Waals surface area (Å²) in [6.45, 7) is 0.370. The molecule has 0 bridgehead atoms. The summed E-state index contributed by atoms with van der Waals surface area (Å²) in [4.78, 5) is 17.3. The zero-order chi connectivity index (χ0) is 17.5. The summed E-state index contributed by atoms with van der Waals surface area (Å²) >= 11 is 7.58. The summed E-state index contributed by atoms with van der Waals surface area (Å²) in [7, 11) is -1.63. The topological polar surface area (TPSA) is 71.7 Å². The molecule has 1 aliphatic rings. The van der Waals surface area contributed by atoms with E-state index in [0.29, 0.717) is 22.8 Å². The van der Waals surface area contributed by atoms with Gasteiger partial charge in [-0.2, -0.15) is 9.30 Å². The summed E-state index contributed by atoms with van der Waals surface area (Å²) < 4.78 is 27.8. The predicted molar refractivity (Wildman–Crippen MR) is 95.6 cm³/mol. The van der Waals surface area contributed by atoms with Crippen molar-refractivity contribution in [2.24, 2.45) is 12.0 Å². The van der Waals surface area contributed by atoms with Crippen LogP contribution < -0.4 is 4.80 Å². The van der Waals surface area contributed by atoms with Crippen LogP contribution in [0.1, 0.15) is 19.3 Å². The number of hydrogen-bond donors (Lipinski definition) is 0. The van der Waals surface area contributed by atoms with E-state index in [1.165, 1.54) is 15.6 Å². The lowest BCUT2D eigenvalue weighted by molar-refractivity contribution is -0.122. The van der Waals surface area contributed by atoms with Crippen molar-refractivity contribution in [3.8, 4) is 0 Å². The van der Waals surface area contributed by atoms with Crippen LogP contribution in [0.25, 0.3) is 10.2 Å². The van der Waals surface area contributed by atoms with E-state index in [0.717, 1.165) is 29.3 Å². The van der Waals surface area contributed by atoms with Gasteiger partial charge in [0.05, 0.1) is 21.5 Å². The molecule has 9 heteroatoms. The van der Waals surface area contributed by atoms with Gasteiger partial charge in [0.25, 0.3) is 5.91 Å². The number of nitrogens with zero attached hydrogens (tertiary/aromatic N) is 3. The number of piperidine rings is 1. The van der Waals surface area contributed by atoms with Crippen molar-refractivity contribution < 1.29 is 13.2 Å². The van der Waals surface area contributed by atoms with Crippen LogP contribution in [0.2, 0.25) is 5.02 Å². The molecule has 0 saturated carbocycles. The summed E-state index contributed by atoms with van der Waals surface area (Å²) in [6.07, 6.45) is 3.23. The van der Waals surface area contributed by atoms with E-state index in [-0.39, 0.29) is 0 Å². The van der Waals surface area contributed by atoms with Gasteiger partial charge >= 0.3 is 0 Å². The zero-order valence-corrected chi connectivity index (χ0v) is 15.8. The third-order valence-corrected chi connectivity index (χ3v) is 6.84. The molecule has 1 saturated heterocycles. The SMILES string of the molecule is Cn1c(=NC(=O)C2CCCCN2S(C)(=O)=O)sc2cccc(Cl)c21. The molecule has 6 nitrogen and oxygen atoms in total. The Bertz CT molecular complexity index is 962. The van der Waals surface area contributed by atoms with Crippen LogP contribution in [0.5, 0.6) is 0 Å². The highest BCUT2D eigenvalue weighted by atomic mass is 35.5. The third-order valence-electron chi connectivity index (χ3n) is 4.14. The second-order valence-electron chi connectivity index (χ2n) is 5.87. The number of sulfonamides is 1. The van der Waals surface area contributed by atoms with Crippen molar-refractivity contribution in [2.75, 3.05) is 12.8 Å². The molecule has 0 N–H and O–H groups in total. The number of rotatable bonds is 2. The number of carbonyl (C=O) groups is 1. The fourth-order valence-corrected chi connectivity index (χ4v) is 5.51. The molecular formula is C15H18ClN3O3S2. The largest absolute Gasteiger partial charge is 0.318 e. The van der Waals surface area contributed by atoms with Gasteiger partial charge in [-0.1, -0.05) is 35.4 Å². The number of aromatic nitrogens is 1. The maximum atomic E-state index is 12.6. The highest BCUT2D eigenvalue weighted by Gasteiger charge is 2.34. The molecule has 0 aliphatic carbocycles. The molecule has 1 atom stereocenters. The minimum absolute atomic E-state index is 0.370. The van der Waals surface area contributed by atoms with Crippen LogP contribution in [0.4, 0.5) is 0 Å². The van der Waals surface area contributed by atoms with Crippen molar-refractivity contribution >= 4 is 49.1 Å². The molecule has 0 spiro atoms. The van der Waals surface area contributed by atoms with Gasteiger partial charge in [0.1, 0.15) is 6.04 Å². The summed E-state index contributed by atoms with van der Waals surface area (Å²) in [5, 5.41) is 0.593. The smallest absolute Gasteiger partial charge is 0.266 e. The Morgan fingerprint density at radius 2 is 2.12 bits per heavy atom. The van der Waals surface area contributed by atoms with Gasteiger partial charge in [0.15, 0.2) is 4.80 Å². The fourth-order valence-electron chi connectivity index (χ4n) is 2.98. The number of aryl methyl sites for hydroxylation is 1. The van der Waals surface area contributed by atoms with Crippen LogP contribution in [0.3, 0.4) is 0 Å². The first-order valence-electron chi connectivity index (χ1n) is 7.58. The molecule has 1 unspecified atom stereocenters. The molecule has 1 aromatic carbocycles. The van der Waals surface area contributed by atoms with Gasteiger partial charge < -0.3 is 4.57 Å². The molecule has 1 aliphatic heterocycles. The third kappa shape index (κ3) is 3.28. The van der Waals surface area contributed by atoms with E-state index in [1.807, 2.05) is 12.1 Å². The van der Waals surface area contributed by atoms with Crippen LogP contribution >= 0.6 is 22.9 Å². The van der Waals surface area contributed by atoms with Crippen LogP contribution in [-0.2, 0) is 21.9 Å². The van der Waals surface area contributed by atoms with Crippen molar-refractivity contribution in [2.45, 2.75) is 25.3 Å². The minimum Gasteiger partial charge on any atom is -0.318 e. The molecule has 2 aromatic rings. The van der Waals surface area contributed by atoms with Gasteiger partial charge in [-0.15, -0.1) is 0 Å². The van der Waals surface area contributed by atoms with Crippen molar-refractivity contribution in [1.29, 1.82) is 0 Å². The van der Waals surface area contributed by atoms with E-state index in [9.17, 15) is 13.2 Å². The Morgan fingerprint density at radius 1 is 1.38 bits per heavy atom. The number of hydrogen-bond acceptors (Lipinski definition) is 4. The molecule has 3 rings (SSSR count). The average Bonchev–Trinajstić information content (AvgIpc) is 2.84. The molecule has 24 heavy (non-hydrogen) atoms. The first-order chi connectivity index (χ1) is 11.3. The Labute approximate surface area is 149 Å². The van der Waals surface area contributed by atoms with Crippen molar-refractivity contribution in [3.05, 3.63) is 28.0 Å². The molecule has 2 heterocycles. The van der Waals surface area contributed by atoms with Gasteiger partial charge in [-0.3, -0.25) is 4.79 Å². The van der Waals surface area contributed by atoms with Gasteiger partial charge in [0.2, 0.25) is 10.0 Å². The number of benzene rings is 1. The van der Waals surface area contributed by atoms with Crippen LogP contribution in [0.15, 0.2) is 23.2 Å². The van der Waals surface area contributed by atoms with Crippen LogP contribution in [0, 0.1) is 0 Å². The van der Waals surface area contributed by atoms with E-state index in [2.05, 4.69) is 4.99 Å². The maximum absolute atomic E-state index is 12.6. The van der Waals surface area contributed by atoms with Gasteiger partial charge in [0, 0.05) is 13.6 Å². The lowest BCUT2D eigenvalue weighted by atomic mass is 10.0. The van der Waals surface area contributed by atoms with Crippen molar-refractivity contribution in [3.63, 3.8) is 0 Å². The normalized spacial score (nSPS) is 20.6. The highest BCUT2D eigenvalue weighted by molar-refractivity contribution is 7.88. The molecule has 0 radical (unpaired) electrons. The first kappa shape index (κ1) is 17.6. The lowest BCUT2D eigenvalue weighted by Gasteiger charge is -2.31. The van der Waals surface area contributed by atoms with E-state index in [1.54, 1.807) is 17.7 Å². The second kappa shape index (κ2) is 6.59. The molecule has 1 aromatic heterocycles. The van der Waals surface area contributed by atoms with E-state index in [4.69, 9.17) is 11.6 Å². The maximum Gasteiger partial charge on any atom is 0.266 e. The fraction of sp³-hybridized carbons (Fsp3) is 0.467. The number of para-hydroxylation sites is 1. The highest BCUT2D eigenvalue weighted by Crippen LogP contribution is 2.25. The number of carbonyl (C=O) groups excluding carboxylic acids is 1. The van der Waals surface area contributed by atoms with Gasteiger partial charge in [-0.05, 0) is 25.0 Å².